The Balaban J connectivity index is 1.35. The third-order valence-electron chi connectivity index (χ3n) is 8.76. The number of halogens is 1. The number of hydrogen-bond acceptors (Lipinski definition) is 4. The van der Waals surface area contributed by atoms with Gasteiger partial charge >= 0.3 is 0 Å². The van der Waals surface area contributed by atoms with E-state index in [0.717, 1.165) is 28.9 Å². The summed E-state index contributed by atoms with van der Waals surface area (Å²) in [6.07, 6.45) is 7.03. The van der Waals surface area contributed by atoms with Crippen molar-refractivity contribution in [2.45, 2.75) is 70.9 Å². The van der Waals surface area contributed by atoms with Crippen LogP contribution in [0.4, 0.5) is 4.39 Å². The Labute approximate surface area is 234 Å². The zero-order chi connectivity index (χ0) is 28.7. The molecular weight excluding hydrogens is 507 g/mol. The van der Waals surface area contributed by atoms with Gasteiger partial charge in [-0.2, -0.15) is 5.10 Å². The topological polar surface area (TPSA) is 96.2 Å². The van der Waals surface area contributed by atoms with Crippen LogP contribution < -0.4 is 10.6 Å². The third kappa shape index (κ3) is 4.85. The van der Waals surface area contributed by atoms with E-state index in [1.807, 2.05) is 36.0 Å². The van der Waals surface area contributed by atoms with Crippen LogP contribution >= 0.6 is 0 Å². The lowest BCUT2D eigenvalue weighted by molar-refractivity contribution is -0.126. The number of likely N-dealkylation sites (N-methyl/N-ethyl adjacent to an activating group) is 1. The van der Waals surface area contributed by atoms with E-state index in [1.165, 1.54) is 17.7 Å². The predicted molar refractivity (Wildman–Crippen MR) is 152 cm³/mol. The van der Waals surface area contributed by atoms with Crippen molar-refractivity contribution in [1.82, 2.24) is 20.4 Å². The number of aryl methyl sites for hydroxylation is 1. The van der Waals surface area contributed by atoms with Gasteiger partial charge in [-0.3, -0.25) is 9.59 Å². The molecule has 1 fully saturated rings. The van der Waals surface area contributed by atoms with Crippen LogP contribution in [-0.2, 0) is 17.6 Å². The SMILES string of the molecule is CCNC(=O)C(C)(C)NC(=O)c1ccccc1CC[C@]1(O)CCC2=Cc3c(cnn3-c3ccc(F)cc3)C[C@@]21C. The maximum absolute atomic E-state index is 13.5. The molecule has 40 heavy (non-hydrogen) atoms. The zero-order valence-corrected chi connectivity index (χ0v) is 23.6. The molecule has 2 aromatic carbocycles. The van der Waals surface area contributed by atoms with Crippen LogP contribution in [0.2, 0.25) is 0 Å². The lowest BCUT2D eigenvalue weighted by Gasteiger charge is -2.42. The highest BCUT2D eigenvalue weighted by atomic mass is 19.1. The molecule has 2 aliphatic carbocycles. The molecule has 1 aromatic heterocycles. The molecule has 0 aliphatic heterocycles. The number of aromatic nitrogens is 2. The second kappa shape index (κ2) is 10.3. The second-order valence-electron chi connectivity index (χ2n) is 11.7. The van der Waals surface area contributed by atoms with Crippen molar-refractivity contribution in [2.24, 2.45) is 5.41 Å². The number of nitrogens with zero attached hydrogens (tertiary/aromatic N) is 2. The number of rotatable bonds is 8. The Kier molecular flexibility index (Phi) is 7.17. The smallest absolute Gasteiger partial charge is 0.252 e. The van der Waals surface area contributed by atoms with Crippen LogP contribution in [0.3, 0.4) is 0 Å². The Hall–Kier alpha value is -3.78. The van der Waals surface area contributed by atoms with Gasteiger partial charge in [0.15, 0.2) is 0 Å². The Morgan fingerprint density at radius 3 is 2.60 bits per heavy atom. The molecule has 0 spiro atoms. The van der Waals surface area contributed by atoms with E-state index >= 15 is 0 Å². The van der Waals surface area contributed by atoms with Crippen LogP contribution in [-0.4, -0.2) is 44.4 Å². The van der Waals surface area contributed by atoms with Gasteiger partial charge in [-0.15, -0.1) is 0 Å². The fraction of sp³-hybridized carbons (Fsp3) is 0.406. The summed E-state index contributed by atoms with van der Waals surface area (Å²) in [6.45, 7) is 7.81. The molecule has 0 radical (unpaired) electrons. The van der Waals surface area contributed by atoms with Crippen molar-refractivity contribution < 1.29 is 19.1 Å². The molecule has 1 heterocycles. The summed E-state index contributed by atoms with van der Waals surface area (Å²) < 4.78 is 15.3. The van der Waals surface area contributed by atoms with E-state index in [2.05, 4.69) is 28.7 Å². The molecule has 2 amide bonds. The van der Waals surface area contributed by atoms with Crippen molar-refractivity contribution in [3.8, 4) is 5.69 Å². The highest BCUT2D eigenvalue weighted by Crippen LogP contribution is 2.56. The normalized spacial score (nSPS) is 21.8. The Morgan fingerprint density at radius 2 is 1.88 bits per heavy atom. The van der Waals surface area contributed by atoms with E-state index < -0.39 is 16.6 Å². The quantitative estimate of drug-likeness (QED) is 0.381. The lowest BCUT2D eigenvalue weighted by atomic mass is 9.65. The second-order valence-corrected chi connectivity index (χ2v) is 11.7. The first-order valence-corrected chi connectivity index (χ1v) is 13.9. The zero-order valence-electron chi connectivity index (χ0n) is 23.6. The number of carbonyl (C=O) groups excluding carboxylic acids is 2. The maximum atomic E-state index is 13.5. The molecule has 0 bridgehead atoms. The van der Waals surface area contributed by atoms with Crippen molar-refractivity contribution in [1.29, 1.82) is 0 Å². The van der Waals surface area contributed by atoms with Crippen molar-refractivity contribution in [3.63, 3.8) is 0 Å². The standard InChI is InChI=1S/C32H37FN4O3/c1-5-34-29(39)30(2,3)36-28(38)26-9-7-6-8-21(26)14-16-32(40)17-15-23-18-27-22(19-31(23,32)4)20-35-37(27)25-12-10-24(33)11-13-25/h6-13,18,20,40H,5,14-17,19H2,1-4H3,(H,34,39)(H,36,38)/t31-,32-/m0/s1. The summed E-state index contributed by atoms with van der Waals surface area (Å²) in [5.74, 6) is -0.846. The number of benzene rings is 2. The average Bonchev–Trinajstić information content (AvgIpc) is 3.44. The van der Waals surface area contributed by atoms with Gasteiger partial charge in [0.1, 0.15) is 11.4 Å². The average molecular weight is 545 g/mol. The molecular formula is C32H37FN4O3. The van der Waals surface area contributed by atoms with Gasteiger partial charge < -0.3 is 15.7 Å². The van der Waals surface area contributed by atoms with Gasteiger partial charge in [-0.25, -0.2) is 9.07 Å². The minimum atomic E-state index is -1.06. The van der Waals surface area contributed by atoms with Crippen molar-refractivity contribution in [3.05, 3.63) is 88.5 Å². The van der Waals surface area contributed by atoms with Crippen LogP contribution in [0.5, 0.6) is 0 Å². The number of fused-ring (bicyclic) bond motifs is 2. The van der Waals surface area contributed by atoms with E-state index in [-0.39, 0.29) is 17.6 Å². The molecule has 0 saturated heterocycles. The molecule has 3 N–H and O–H groups in total. The fourth-order valence-corrected chi connectivity index (χ4v) is 6.21. The van der Waals surface area contributed by atoms with Gasteiger partial charge in [-0.1, -0.05) is 30.7 Å². The summed E-state index contributed by atoms with van der Waals surface area (Å²) in [4.78, 5) is 25.7. The first kappa shape index (κ1) is 27.8. The molecule has 2 aliphatic rings. The summed E-state index contributed by atoms with van der Waals surface area (Å²) in [5, 5.41) is 22.3. The maximum Gasteiger partial charge on any atom is 0.252 e. The molecule has 3 aromatic rings. The van der Waals surface area contributed by atoms with Crippen LogP contribution in [0.25, 0.3) is 11.8 Å². The van der Waals surface area contributed by atoms with E-state index in [0.29, 0.717) is 37.8 Å². The van der Waals surface area contributed by atoms with Gasteiger partial charge in [0.25, 0.3) is 5.91 Å². The minimum absolute atomic E-state index is 0.243. The number of aliphatic hydroxyl groups is 1. The lowest BCUT2D eigenvalue weighted by Crippen LogP contribution is -2.54. The first-order valence-electron chi connectivity index (χ1n) is 13.9. The highest BCUT2D eigenvalue weighted by Gasteiger charge is 2.54. The van der Waals surface area contributed by atoms with Crippen LogP contribution in [0.15, 0.2) is 60.3 Å². The predicted octanol–water partition coefficient (Wildman–Crippen LogP) is 4.76. The molecule has 1 saturated carbocycles. The molecule has 0 unspecified atom stereocenters. The number of nitrogens with one attached hydrogen (secondary N) is 2. The Bertz CT molecular complexity index is 1480. The third-order valence-corrected chi connectivity index (χ3v) is 8.76. The largest absolute Gasteiger partial charge is 0.389 e. The van der Waals surface area contributed by atoms with E-state index in [4.69, 9.17) is 0 Å². The van der Waals surface area contributed by atoms with Crippen molar-refractivity contribution in [2.75, 3.05) is 6.54 Å². The van der Waals surface area contributed by atoms with E-state index in [1.54, 1.807) is 32.0 Å². The van der Waals surface area contributed by atoms with Crippen LogP contribution in [0.1, 0.15) is 74.1 Å². The summed E-state index contributed by atoms with van der Waals surface area (Å²) >= 11 is 0. The number of hydrogen-bond donors (Lipinski definition) is 3. The fourth-order valence-electron chi connectivity index (χ4n) is 6.21. The van der Waals surface area contributed by atoms with Crippen LogP contribution in [0, 0.1) is 11.2 Å². The number of amides is 2. The van der Waals surface area contributed by atoms with E-state index in [9.17, 15) is 19.1 Å². The molecule has 8 heteroatoms. The summed E-state index contributed by atoms with van der Waals surface area (Å²) in [5.41, 5.74) is 2.85. The molecule has 7 nitrogen and oxygen atoms in total. The molecule has 210 valence electrons. The minimum Gasteiger partial charge on any atom is -0.389 e. The number of carbonyl (C=O) groups is 2. The van der Waals surface area contributed by atoms with Gasteiger partial charge in [0.2, 0.25) is 5.91 Å². The molecule has 2 atom stereocenters. The van der Waals surface area contributed by atoms with Gasteiger partial charge in [-0.05, 0) is 100 Å². The monoisotopic (exact) mass is 544 g/mol. The summed E-state index contributed by atoms with van der Waals surface area (Å²) in [6, 6.07) is 13.7. The van der Waals surface area contributed by atoms with Crippen molar-refractivity contribution >= 4 is 17.9 Å². The molecule has 5 rings (SSSR count). The Morgan fingerprint density at radius 1 is 1.15 bits per heavy atom. The highest BCUT2D eigenvalue weighted by molar-refractivity contribution is 6.00. The van der Waals surface area contributed by atoms with Gasteiger partial charge in [0, 0.05) is 17.5 Å². The summed E-state index contributed by atoms with van der Waals surface area (Å²) in [7, 11) is 0. The van der Waals surface area contributed by atoms with Gasteiger partial charge in [0.05, 0.1) is 23.2 Å². The first-order chi connectivity index (χ1) is 19.0.